The molecule has 1 atom stereocenters. The van der Waals surface area contributed by atoms with Crippen LogP contribution in [0.2, 0.25) is 0 Å². The highest BCUT2D eigenvalue weighted by atomic mass is 16.2. The van der Waals surface area contributed by atoms with Gasteiger partial charge >= 0.3 is 0 Å². The highest BCUT2D eigenvalue weighted by Crippen LogP contribution is 2.17. The molecule has 0 radical (unpaired) electrons. The van der Waals surface area contributed by atoms with E-state index in [9.17, 15) is 9.59 Å². The average molecular weight is 283 g/mol. The zero-order valence-electron chi connectivity index (χ0n) is 11.7. The fourth-order valence-corrected chi connectivity index (χ4v) is 2.02. The summed E-state index contributed by atoms with van der Waals surface area (Å²) in [4.78, 5) is 27.3. The monoisotopic (exact) mass is 283 g/mol. The Morgan fingerprint density at radius 3 is 2.52 bits per heavy atom. The van der Waals surface area contributed by atoms with Crippen molar-refractivity contribution in [2.45, 2.75) is 19.4 Å². The van der Waals surface area contributed by atoms with Crippen LogP contribution in [-0.4, -0.2) is 16.8 Å². The van der Waals surface area contributed by atoms with Gasteiger partial charge in [0.1, 0.15) is 0 Å². The minimum Gasteiger partial charge on any atom is -0.349 e. The molecular formula is C16H17N3O2. The van der Waals surface area contributed by atoms with Gasteiger partial charge in [0.15, 0.2) is 0 Å². The molecule has 2 N–H and O–H groups in total. The Morgan fingerprint density at radius 1 is 1.14 bits per heavy atom. The zero-order valence-corrected chi connectivity index (χ0v) is 11.7. The predicted molar refractivity (Wildman–Crippen MR) is 80.5 cm³/mol. The second-order valence-corrected chi connectivity index (χ2v) is 4.66. The van der Waals surface area contributed by atoms with Gasteiger partial charge in [-0.05, 0) is 17.7 Å². The lowest BCUT2D eigenvalue weighted by Crippen LogP contribution is -2.29. The molecule has 2 amide bonds. The smallest absolute Gasteiger partial charge is 0.226 e. The first-order chi connectivity index (χ1) is 10.1. The molecule has 0 aliphatic heterocycles. The molecule has 0 aliphatic rings. The SMILES string of the molecule is CC(=O)NC(CC(=O)Nc1cccnc1)c1ccccc1. The molecule has 0 saturated heterocycles. The number of hydrogen-bond acceptors (Lipinski definition) is 3. The standard InChI is InChI=1S/C16H17N3O2/c1-12(20)18-15(13-6-3-2-4-7-13)10-16(21)19-14-8-5-9-17-11-14/h2-9,11,15H,10H2,1H3,(H,18,20)(H,19,21). The van der Waals surface area contributed by atoms with Crippen LogP contribution >= 0.6 is 0 Å². The molecule has 108 valence electrons. The molecule has 1 heterocycles. The van der Waals surface area contributed by atoms with Gasteiger partial charge in [-0.2, -0.15) is 0 Å². The van der Waals surface area contributed by atoms with Gasteiger partial charge in [0, 0.05) is 13.1 Å². The fourth-order valence-electron chi connectivity index (χ4n) is 2.02. The minimum absolute atomic E-state index is 0.165. The molecule has 2 rings (SSSR count). The number of pyridine rings is 1. The van der Waals surface area contributed by atoms with Crippen LogP contribution in [0.1, 0.15) is 24.9 Å². The molecule has 21 heavy (non-hydrogen) atoms. The molecule has 1 aromatic heterocycles. The molecule has 5 heteroatoms. The molecule has 0 fully saturated rings. The number of rotatable bonds is 5. The van der Waals surface area contributed by atoms with E-state index in [1.807, 2.05) is 30.3 Å². The molecule has 0 spiro atoms. The van der Waals surface area contributed by atoms with E-state index in [4.69, 9.17) is 0 Å². The number of nitrogens with one attached hydrogen (secondary N) is 2. The van der Waals surface area contributed by atoms with Crippen LogP contribution in [0.3, 0.4) is 0 Å². The molecule has 2 aromatic rings. The van der Waals surface area contributed by atoms with E-state index in [0.717, 1.165) is 5.56 Å². The number of hydrogen-bond donors (Lipinski definition) is 2. The molecule has 1 aromatic carbocycles. The first-order valence-corrected chi connectivity index (χ1v) is 6.67. The molecule has 0 aliphatic carbocycles. The lowest BCUT2D eigenvalue weighted by Gasteiger charge is -2.18. The predicted octanol–water partition coefficient (Wildman–Crippen LogP) is 2.29. The highest BCUT2D eigenvalue weighted by molar-refractivity contribution is 5.91. The lowest BCUT2D eigenvalue weighted by molar-refractivity contribution is -0.120. The van der Waals surface area contributed by atoms with Crippen LogP contribution in [0.4, 0.5) is 5.69 Å². The van der Waals surface area contributed by atoms with Gasteiger partial charge in [-0.1, -0.05) is 30.3 Å². The van der Waals surface area contributed by atoms with Gasteiger partial charge in [-0.25, -0.2) is 0 Å². The summed E-state index contributed by atoms with van der Waals surface area (Å²) >= 11 is 0. The Bertz CT molecular complexity index is 599. The van der Waals surface area contributed by atoms with Crippen molar-refractivity contribution in [1.29, 1.82) is 0 Å². The van der Waals surface area contributed by atoms with Gasteiger partial charge in [0.2, 0.25) is 11.8 Å². The van der Waals surface area contributed by atoms with Crippen molar-refractivity contribution in [2.24, 2.45) is 0 Å². The molecule has 0 bridgehead atoms. The topological polar surface area (TPSA) is 71.1 Å². The lowest BCUT2D eigenvalue weighted by atomic mass is 10.0. The van der Waals surface area contributed by atoms with Crippen molar-refractivity contribution in [3.05, 3.63) is 60.4 Å². The zero-order chi connectivity index (χ0) is 15.1. The number of carbonyl (C=O) groups excluding carboxylic acids is 2. The van der Waals surface area contributed by atoms with E-state index >= 15 is 0 Å². The Balaban J connectivity index is 2.05. The summed E-state index contributed by atoms with van der Waals surface area (Å²) in [5.41, 5.74) is 1.53. The molecule has 1 unspecified atom stereocenters. The third-order valence-corrected chi connectivity index (χ3v) is 2.91. The molecule has 0 saturated carbocycles. The molecule has 5 nitrogen and oxygen atoms in total. The largest absolute Gasteiger partial charge is 0.349 e. The summed E-state index contributed by atoms with van der Waals surface area (Å²) in [5.74, 6) is -0.344. The van der Waals surface area contributed by atoms with E-state index in [1.54, 1.807) is 24.5 Å². The van der Waals surface area contributed by atoms with E-state index in [0.29, 0.717) is 5.69 Å². The number of carbonyl (C=O) groups is 2. The van der Waals surface area contributed by atoms with Crippen molar-refractivity contribution in [3.63, 3.8) is 0 Å². The number of amides is 2. The van der Waals surface area contributed by atoms with E-state index in [1.165, 1.54) is 6.92 Å². The summed E-state index contributed by atoms with van der Waals surface area (Å²) in [6.45, 7) is 1.44. The summed E-state index contributed by atoms with van der Waals surface area (Å²) in [7, 11) is 0. The highest BCUT2D eigenvalue weighted by Gasteiger charge is 2.16. The maximum Gasteiger partial charge on any atom is 0.226 e. The Labute approximate surface area is 123 Å². The van der Waals surface area contributed by atoms with Crippen LogP contribution in [-0.2, 0) is 9.59 Å². The summed E-state index contributed by atoms with van der Waals surface area (Å²) < 4.78 is 0. The van der Waals surface area contributed by atoms with E-state index in [-0.39, 0.29) is 24.3 Å². The Hall–Kier alpha value is -2.69. The van der Waals surface area contributed by atoms with Crippen LogP contribution in [0.5, 0.6) is 0 Å². The van der Waals surface area contributed by atoms with Crippen LogP contribution in [0.25, 0.3) is 0 Å². The van der Waals surface area contributed by atoms with Crippen molar-refractivity contribution >= 4 is 17.5 Å². The number of aromatic nitrogens is 1. The maximum atomic E-state index is 12.1. The van der Waals surface area contributed by atoms with Crippen molar-refractivity contribution in [2.75, 3.05) is 5.32 Å². The fraction of sp³-hybridized carbons (Fsp3) is 0.188. The first kappa shape index (κ1) is 14.7. The van der Waals surface area contributed by atoms with E-state index < -0.39 is 0 Å². The van der Waals surface area contributed by atoms with Crippen LogP contribution in [0, 0.1) is 0 Å². The summed E-state index contributed by atoms with van der Waals surface area (Å²) in [6.07, 6.45) is 3.38. The maximum absolute atomic E-state index is 12.1. The van der Waals surface area contributed by atoms with Crippen molar-refractivity contribution in [1.82, 2.24) is 10.3 Å². The second-order valence-electron chi connectivity index (χ2n) is 4.66. The second kappa shape index (κ2) is 7.19. The summed E-state index contributed by atoms with van der Waals surface area (Å²) in [6, 6.07) is 12.6. The van der Waals surface area contributed by atoms with Crippen LogP contribution < -0.4 is 10.6 Å². The average Bonchev–Trinajstić information content (AvgIpc) is 2.48. The van der Waals surface area contributed by atoms with Gasteiger partial charge in [0.05, 0.1) is 24.3 Å². The third kappa shape index (κ3) is 4.72. The van der Waals surface area contributed by atoms with Gasteiger partial charge < -0.3 is 10.6 Å². The Morgan fingerprint density at radius 2 is 1.90 bits per heavy atom. The first-order valence-electron chi connectivity index (χ1n) is 6.67. The quantitative estimate of drug-likeness (QED) is 0.884. The number of nitrogens with zero attached hydrogens (tertiary/aromatic N) is 1. The number of benzene rings is 1. The van der Waals surface area contributed by atoms with Crippen LogP contribution in [0.15, 0.2) is 54.9 Å². The van der Waals surface area contributed by atoms with Gasteiger partial charge in [-0.3, -0.25) is 14.6 Å². The normalized spacial score (nSPS) is 11.5. The van der Waals surface area contributed by atoms with Crippen molar-refractivity contribution in [3.8, 4) is 0 Å². The minimum atomic E-state index is -0.347. The third-order valence-electron chi connectivity index (χ3n) is 2.91. The van der Waals surface area contributed by atoms with Gasteiger partial charge in [-0.15, -0.1) is 0 Å². The Kier molecular flexibility index (Phi) is 5.04. The molecular weight excluding hydrogens is 266 g/mol. The van der Waals surface area contributed by atoms with Crippen molar-refractivity contribution < 1.29 is 9.59 Å². The van der Waals surface area contributed by atoms with E-state index in [2.05, 4.69) is 15.6 Å². The number of anilines is 1. The van der Waals surface area contributed by atoms with Gasteiger partial charge in [0.25, 0.3) is 0 Å². The summed E-state index contributed by atoms with van der Waals surface area (Å²) in [5, 5.41) is 5.56.